The third-order valence-corrected chi connectivity index (χ3v) is 2.64. The normalized spacial score (nSPS) is 22.8. The molecule has 1 saturated heterocycles. The van der Waals surface area contributed by atoms with Gasteiger partial charge in [0.15, 0.2) is 0 Å². The molecule has 60 valence electrons. The van der Waals surface area contributed by atoms with Gasteiger partial charge in [-0.05, 0) is 12.3 Å². The van der Waals surface area contributed by atoms with Crippen molar-refractivity contribution >= 4 is 0 Å². The molecule has 1 heterocycles. The second-order valence-electron chi connectivity index (χ2n) is 4.33. The summed E-state index contributed by atoms with van der Waals surface area (Å²) in [6.07, 6.45) is 2.85. The van der Waals surface area contributed by atoms with E-state index in [4.69, 9.17) is 0 Å². The fourth-order valence-electron chi connectivity index (χ4n) is 1.49. The molecule has 0 atom stereocenters. The summed E-state index contributed by atoms with van der Waals surface area (Å²) in [6.45, 7) is 8.87. The van der Waals surface area contributed by atoms with Crippen LogP contribution in [0.15, 0.2) is 0 Å². The van der Waals surface area contributed by atoms with Crippen LogP contribution >= 0.6 is 0 Å². The first-order valence-electron chi connectivity index (χ1n) is 4.46. The number of rotatable bonds is 3. The van der Waals surface area contributed by atoms with Crippen molar-refractivity contribution in [3.63, 3.8) is 0 Å². The van der Waals surface area contributed by atoms with E-state index in [1.54, 1.807) is 0 Å². The third kappa shape index (κ3) is 1.98. The molecule has 0 saturated carbocycles. The van der Waals surface area contributed by atoms with Gasteiger partial charge >= 0.3 is 0 Å². The van der Waals surface area contributed by atoms with Crippen molar-refractivity contribution in [1.29, 1.82) is 0 Å². The Bertz CT molecular complexity index is 103. The van der Waals surface area contributed by atoms with Crippen molar-refractivity contribution in [3.8, 4) is 0 Å². The van der Waals surface area contributed by atoms with Crippen molar-refractivity contribution in [2.45, 2.75) is 26.7 Å². The zero-order valence-electron chi connectivity index (χ0n) is 7.56. The lowest BCUT2D eigenvalue weighted by molar-refractivity contribution is -0.946. The van der Waals surface area contributed by atoms with Gasteiger partial charge in [0, 0.05) is 6.42 Å². The third-order valence-electron chi connectivity index (χ3n) is 2.64. The van der Waals surface area contributed by atoms with E-state index in [0.717, 1.165) is 5.92 Å². The van der Waals surface area contributed by atoms with Gasteiger partial charge in [0.05, 0.1) is 26.7 Å². The predicted molar refractivity (Wildman–Crippen MR) is 44.9 cm³/mol. The lowest BCUT2D eigenvalue weighted by Gasteiger charge is -2.42. The van der Waals surface area contributed by atoms with E-state index >= 15 is 0 Å². The van der Waals surface area contributed by atoms with E-state index in [9.17, 15) is 0 Å². The average molecular weight is 142 g/mol. The highest BCUT2D eigenvalue weighted by molar-refractivity contribution is 4.53. The molecular formula is C9H20N+. The SMILES string of the molecule is CC(C)CC[N+]1(C)CCC1. The van der Waals surface area contributed by atoms with Crippen molar-refractivity contribution in [2.24, 2.45) is 5.92 Å². The first-order valence-corrected chi connectivity index (χ1v) is 4.46. The van der Waals surface area contributed by atoms with E-state index in [0.29, 0.717) is 0 Å². The number of hydrogen-bond acceptors (Lipinski definition) is 0. The van der Waals surface area contributed by atoms with Crippen LogP contribution in [0.25, 0.3) is 0 Å². The Balaban J connectivity index is 2.12. The summed E-state index contributed by atoms with van der Waals surface area (Å²) in [5.74, 6) is 0.885. The van der Waals surface area contributed by atoms with Gasteiger partial charge < -0.3 is 4.48 Å². The number of hydrogen-bond donors (Lipinski definition) is 0. The van der Waals surface area contributed by atoms with E-state index in [1.165, 1.54) is 37.0 Å². The monoisotopic (exact) mass is 142 g/mol. The fraction of sp³-hybridized carbons (Fsp3) is 1.00. The molecular weight excluding hydrogens is 122 g/mol. The Morgan fingerprint density at radius 2 is 1.90 bits per heavy atom. The Morgan fingerprint density at radius 1 is 1.30 bits per heavy atom. The standard InChI is InChI=1S/C9H20N/c1-9(2)5-8-10(3)6-4-7-10/h9H,4-8H2,1-3H3/q+1. The largest absolute Gasteiger partial charge is 0.326 e. The molecule has 1 fully saturated rings. The fourth-order valence-corrected chi connectivity index (χ4v) is 1.49. The summed E-state index contributed by atoms with van der Waals surface area (Å²) < 4.78 is 1.35. The van der Waals surface area contributed by atoms with E-state index < -0.39 is 0 Å². The zero-order valence-corrected chi connectivity index (χ0v) is 7.56. The number of likely N-dealkylation sites (tertiary alicyclic amines) is 1. The molecule has 0 aromatic heterocycles. The summed E-state index contributed by atoms with van der Waals surface area (Å²) in [5.41, 5.74) is 0. The lowest BCUT2D eigenvalue weighted by Crippen LogP contribution is -2.55. The van der Waals surface area contributed by atoms with Gasteiger partial charge in [-0.2, -0.15) is 0 Å². The summed E-state index contributed by atoms with van der Waals surface area (Å²) in [7, 11) is 2.38. The maximum absolute atomic E-state index is 2.38. The molecule has 0 radical (unpaired) electrons. The summed E-state index contributed by atoms with van der Waals surface area (Å²) >= 11 is 0. The molecule has 0 spiro atoms. The topological polar surface area (TPSA) is 0 Å². The molecule has 0 unspecified atom stereocenters. The molecule has 0 bridgehead atoms. The van der Waals surface area contributed by atoms with Crippen LogP contribution in [0.2, 0.25) is 0 Å². The smallest absolute Gasteiger partial charge is 0.0839 e. The highest BCUT2D eigenvalue weighted by atomic mass is 15.4. The predicted octanol–water partition coefficient (Wildman–Crippen LogP) is 1.88. The van der Waals surface area contributed by atoms with Gasteiger partial charge in [0.1, 0.15) is 0 Å². The van der Waals surface area contributed by atoms with E-state index in [-0.39, 0.29) is 0 Å². The minimum Gasteiger partial charge on any atom is -0.326 e. The van der Waals surface area contributed by atoms with Gasteiger partial charge in [-0.3, -0.25) is 0 Å². The van der Waals surface area contributed by atoms with Gasteiger partial charge in [-0.1, -0.05) is 13.8 Å². The Kier molecular flexibility index (Phi) is 2.35. The van der Waals surface area contributed by atoms with Gasteiger partial charge in [0.25, 0.3) is 0 Å². The molecule has 1 nitrogen and oxygen atoms in total. The Labute approximate surface area is 64.6 Å². The molecule has 1 rings (SSSR count). The van der Waals surface area contributed by atoms with Crippen LogP contribution in [0.5, 0.6) is 0 Å². The minimum atomic E-state index is 0.885. The first-order chi connectivity index (χ1) is 4.62. The number of nitrogens with zero attached hydrogens (tertiary/aromatic N) is 1. The summed E-state index contributed by atoms with van der Waals surface area (Å²) in [5, 5.41) is 0. The minimum absolute atomic E-state index is 0.885. The maximum atomic E-state index is 2.38. The van der Waals surface area contributed by atoms with Crippen LogP contribution in [-0.2, 0) is 0 Å². The van der Waals surface area contributed by atoms with Gasteiger partial charge in [-0.25, -0.2) is 0 Å². The van der Waals surface area contributed by atoms with Crippen LogP contribution in [-0.4, -0.2) is 31.2 Å². The molecule has 0 aromatic carbocycles. The molecule has 0 aromatic rings. The van der Waals surface area contributed by atoms with E-state index in [2.05, 4.69) is 20.9 Å². The van der Waals surface area contributed by atoms with Gasteiger partial charge in [0.2, 0.25) is 0 Å². The maximum Gasteiger partial charge on any atom is 0.0839 e. The molecule has 0 amide bonds. The molecule has 0 aliphatic carbocycles. The van der Waals surface area contributed by atoms with Crippen molar-refractivity contribution in [3.05, 3.63) is 0 Å². The van der Waals surface area contributed by atoms with Gasteiger partial charge in [-0.15, -0.1) is 0 Å². The second kappa shape index (κ2) is 2.91. The Hall–Kier alpha value is -0.0400. The van der Waals surface area contributed by atoms with Crippen LogP contribution in [0.3, 0.4) is 0 Å². The van der Waals surface area contributed by atoms with Crippen molar-refractivity contribution in [1.82, 2.24) is 0 Å². The van der Waals surface area contributed by atoms with Crippen LogP contribution in [0.4, 0.5) is 0 Å². The van der Waals surface area contributed by atoms with Crippen LogP contribution in [0, 0.1) is 5.92 Å². The lowest BCUT2D eigenvalue weighted by atomic mass is 10.1. The Morgan fingerprint density at radius 3 is 2.20 bits per heavy atom. The molecule has 1 aliphatic rings. The van der Waals surface area contributed by atoms with Crippen LogP contribution < -0.4 is 0 Å². The zero-order chi connectivity index (χ0) is 7.61. The summed E-state index contributed by atoms with van der Waals surface area (Å²) in [4.78, 5) is 0. The second-order valence-corrected chi connectivity index (χ2v) is 4.33. The highest BCUT2D eigenvalue weighted by Crippen LogP contribution is 2.18. The number of quaternary nitrogens is 1. The van der Waals surface area contributed by atoms with Crippen molar-refractivity contribution in [2.75, 3.05) is 26.7 Å². The molecule has 0 N–H and O–H groups in total. The van der Waals surface area contributed by atoms with E-state index in [1.807, 2.05) is 0 Å². The summed E-state index contributed by atoms with van der Waals surface area (Å²) in [6, 6.07) is 0. The molecule has 1 heteroatoms. The molecule has 10 heavy (non-hydrogen) atoms. The highest BCUT2D eigenvalue weighted by Gasteiger charge is 2.29. The average Bonchev–Trinajstić information content (AvgIpc) is 1.79. The first kappa shape index (κ1) is 8.06. The van der Waals surface area contributed by atoms with Crippen molar-refractivity contribution < 1.29 is 4.48 Å². The molecule has 1 aliphatic heterocycles. The quantitative estimate of drug-likeness (QED) is 0.528. The van der Waals surface area contributed by atoms with Crippen LogP contribution in [0.1, 0.15) is 26.7 Å².